The summed E-state index contributed by atoms with van der Waals surface area (Å²) in [7, 11) is 0. The highest BCUT2D eigenvalue weighted by Crippen LogP contribution is 2.01. The van der Waals surface area contributed by atoms with Crippen LogP contribution in [-0.4, -0.2) is 61.6 Å². The van der Waals surface area contributed by atoms with E-state index in [0.717, 1.165) is 0 Å². The van der Waals surface area contributed by atoms with Crippen LogP contribution in [0.25, 0.3) is 0 Å². The van der Waals surface area contributed by atoms with Crippen molar-refractivity contribution in [2.75, 3.05) is 19.8 Å². The van der Waals surface area contributed by atoms with E-state index in [1.54, 1.807) is 0 Å². The Labute approximate surface area is 103 Å². The molecular formula is C9H17N5O4. The number of nitrogens with one attached hydrogen (secondary N) is 1. The Morgan fingerprint density at radius 2 is 2.00 bits per heavy atom. The van der Waals surface area contributed by atoms with Crippen molar-refractivity contribution in [1.82, 2.24) is 20.3 Å². The average Bonchev–Trinajstić information content (AvgIpc) is 2.83. The summed E-state index contributed by atoms with van der Waals surface area (Å²) in [6.07, 6.45) is 1.51. The van der Waals surface area contributed by atoms with Gasteiger partial charge in [0.05, 0.1) is 31.7 Å². The molecule has 1 rings (SSSR count). The molecule has 102 valence electrons. The number of aromatic nitrogens is 3. The van der Waals surface area contributed by atoms with Gasteiger partial charge in [-0.2, -0.15) is 0 Å². The fourth-order valence-corrected chi connectivity index (χ4v) is 1.26. The van der Waals surface area contributed by atoms with Gasteiger partial charge in [-0.25, -0.2) is 4.68 Å². The van der Waals surface area contributed by atoms with Gasteiger partial charge in [0.15, 0.2) is 0 Å². The molecule has 0 spiro atoms. The van der Waals surface area contributed by atoms with Crippen LogP contribution in [0.3, 0.4) is 0 Å². The molecule has 0 fully saturated rings. The molecule has 1 amide bonds. The van der Waals surface area contributed by atoms with Crippen LogP contribution >= 0.6 is 0 Å². The summed E-state index contributed by atoms with van der Waals surface area (Å²) in [6.45, 7) is -1.64. The molecule has 1 aromatic rings. The molecule has 0 unspecified atom stereocenters. The Morgan fingerprint density at radius 1 is 1.39 bits per heavy atom. The van der Waals surface area contributed by atoms with E-state index in [2.05, 4.69) is 15.6 Å². The lowest BCUT2D eigenvalue weighted by atomic mass is 10.0. The summed E-state index contributed by atoms with van der Waals surface area (Å²) in [4.78, 5) is 11.6. The molecular weight excluding hydrogens is 242 g/mol. The Balaban J connectivity index is 2.60. The van der Waals surface area contributed by atoms with Gasteiger partial charge in [0.25, 0.3) is 0 Å². The highest BCUT2D eigenvalue weighted by atomic mass is 16.3. The lowest BCUT2D eigenvalue weighted by Crippen LogP contribution is -2.57. The zero-order valence-electron chi connectivity index (χ0n) is 9.78. The van der Waals surface area contributed by atoms with Gasteiger partial charge in [0.1, 0.15) is 12.1 Å². The zero-order valence-corrected chi connectivity index (χ0v) is 9.78. The summed E-state index contributed by atoms with van der Waals surface area (Å²) in [5, 5.41) is 36.9. The first-order valence-corrected chi connectivity index (χ1v) is 5.32. The van der Waals surface area contributed by atoms with Crippen molar-refractivity contribution in [3.8, 4) is 0 Å². The van der Waals surface area contributed by atoms with Gasteiger partial charge in [-0.1, -0.05) is 5.21 Å². The lowest BCUT2D eigenvalue weighted by Gasteiger charge is -2.28. The Hall–Kier alpha value is -1.55. The minimum atomic E-state index is -1.44. The number of aliphatic hydroxyl groups excluding tert-OH is 3. The second-order valence-electron chi connectivity index (χ2n) is 3.91. The summed E-state index contributed by atoms with van der Waals surface area (Å²) in [5.41, 5.74) is 4.45. The van der Waals surface area contributed by atoms with Crippen LogP contribution in [0.4, 0.5) is 0 Å². The standard InChI is InChI=1S/C9H17N5O4/c10-1-7-2-14(13-12-7)3-8(18)11-9(4-15,5-16)6-17/h2,15-17H,1,3-6,10H2,(H,11,18). The van der Waals surface area contributed by atoms with Crippen LogP contribution in [0.2, 0.25) is 0 Å². The minimum absolute atomic E-state index is 0.144. The molecule has 0 aliphatic carbocycles. The fourth-order valence-electron chi connectivity index (χ4n) is 1.26. The van der Waals surface area contributed by atoms with Crippen LogP contribution in [0, 0.1) is 0 Å². The quantitative estimate of drug-likeness (QED) is 0.342. The zero-order chi connectivity index (χ0) is 13.6. The normalized spacial score (nSPS) is 11.6. The summed E-state index contributed by atoms with van der Waals surface area (Å²) < 4.78 is 1.27. The third-order valence-electron chi connectivity index (χ3n) is 2.41. The van der Waals surface area contributed by atoms with Gasteiger partial charge in [-0.3, -0.25) is 4.79 Å². The number of hydrogen-bond acceptors (Lipinski definition) is 7. The molecule has 18 heavy (non-hydrogen) atoms. The van der Waals surface area contributed by atoms with Gasteiger partial charge in [0.2, 0.25) is 5.91 Å². The summed E-state index contributed by atoms with van der Waals surface area (Å²) >= 11 is 0. The minimum Gasteiger partial charge on any atom is -0.394 e. The van der Waals surface area contributed by atoms with E-state index in [1.807, 2.05) is 0 Å². The average molecular weight is 259 g/mol. The molecule has 0 saturated carbocycles. The first-order chi connectivity index (χ1) is 8.59. The number of hydrogen-bond donors (Lipinski definition) is 5. The summed E-state index contributed by atoms with van der Waals surface area (Å²) in [5.74, 6) is -0.513. The second kappa shape index (κ2) is 6.40. The fraction of sp³-hybridized carbons (Fsp3) is 0.667. The smallest absolute Gasteiger partial charge is 0.242 e. The molecule has 0 bridgehead atoms. The molecule has 0 aliphatic rings. The molecule has 0 radical (unpaired) electrons. The van der Waals surface area contributed by atoms with Crippen molar-refractivity contribution in [1.29, 1.82) is 0 Å². The molecule has 0 atom stereocenters. The molecule has 0 aliphatic heterocycles. The predicted molar refractivity (Wildman–Crippen MR) is 60.0 cm³/mol. The van der Waals surface area contributed by atoms with Crippen molar-refractivity contribution < 1.29 is 20.1 Å². The maximum absolute atomic E-state index is 11.6. The van der Waals surface area contributed by atoms with Gasteiger partial charge in [-0.05, 0) is 0 Å². The van der Waals surface area contributed by atoms with Crippen LogP contribution in [-0.2, 0) is 17.9 Å². The predicted octanol–water partition coefficient (Wildman–Crippen LogP) is -3.43. The third kappa shape index (κ3) is 3.47. The van der Waals surface area contributed by atoms with Crippen LogP contribution in [0.15, 0.2) is 6.20 Å². The monoisotopic (exact) mass is 259 g/mol. The number of rotatable bonds is 7. The first kappa shape index (κ1) is 14.5. The van der Waals surface area contributed by atoms with Crippen LogP contribution in [0.5, 0.6) is 0 Å². The number of nitrogens with zero attached hydrogens (tertiary/aromatic N) is 3. The van der Waals surface area contributed by atoms with E-state index in [1.165, 1.54) is 10.9 Å². The van der Waals surface area contributed by atoms with E-state index < -0.39 is 31.3 Å². The van der Waals surface area contributed by atoms with Gasteiger partial charge in [-0.15, -0.1) is 5.10 Å². The Morgan fingerprint density at radius 3 is 2.44 bits per heavy atom. The topological polar surface area (TPSA) is 147 Å². The third-order valence-corrected chi connectivity index (χ3v) is 2.41. The highest BCUT2D eigenvalue weighted by Gasteiger charge is 2.29. The van der Waals surface area contributed by atoms with Crippen molar-refractivity contribution in [3.05, 3.63) is 11.9 Å². The lowest BCUT2D eigenvalue weighted by molar-refractivity contribution is -0.126. The largest absolute Gasteiger partial charge is 0.394 e. The van der Waals surface area contributed by atoms with Crippen LogP contribution in [0.1, 0.15) is 5.69 Å². The van der Waals surface area contributed by atoms with E-state index in [4.69, 9.17) is 21.1 Å². The van der Waals surface area contributed by atoms with Gasteiger partial charge < -0.3 is 26.4 Å². The van der Waals surface area contributed by atoms with Crippen molar-refractivity contribution in [3.63, 3.8) is 0 Å². The molecule has 6 N–H and O–H groups in total. The highest BCUT2D eigenvalue weighted by molar-refractivity contribution is 5.76. The summed E-state index contributed by atoms with van der Waals surface area (Å²) in [6, 6.07) is 0. The Kier molecular flexibility index (Phi) is 5.16. The number of amides is 1. The first-order valence-electron chi connectivity index (χ1n) is 5.32. The van der Waals surface area contributed by atoms with E-state index in [-0.39, 0.29) is 13.1 Å². The molecule has 0 saturated heterocycles. The van der Waals surface area contributed by atoms with E-state index in [0.29, 0.717) is 5.69 Å². The number of carbonyl (C=O) groups is 1. The van der Waals surface area contributed by atoms with E-state index >= 15 is 0 Å². The molecule has 0 aromatic carbocycles. The van der Waals surface area contributed by atoms with Crippen molar-refractivity contribution in [2.45, 2.75) is 18.6 Å². The molecule has 1 aromatic heterocycles. The number of aliphatic hydroxyl groups is 3. The molecule has 1 heterocycles. The SMILES string of the molecule is NCc1cn(CC(=O)NC(CO)(CO)CO)nn1. The van der Waals surface area contributed by atoms with Crippen molar-refractivity contribution >= 4 is 5.91 Å². The van der Waals surface area contributed by atoms with Crippen molar-refractivity contribution in [2.24, 2.45) is 5.73 Å². The molecule has 9 heteroatoms. The number of nitrogens with two attached hydrogens (primary N) is 1. The van der Waals surface area contributed by atoms with Gasteiger partial charge >= 0.3 is 0 Å². The van der Waals surface area contributed by atoms with E-state index in [9.17, 15) is 4.79 Å². The maximum atomic E-state index is 11.6. The maximum Gasteiger partial charge on any atom is 0.242 e. The Bertz CT molecular complexity index is 382. The molecule has 9 nitrogen and oxygen atoms in total. The van der Waals surface area contributed by atoms with Crippen LogP contribution < -0.4 is 11.1 Å². The number of carbonyl (C=O) groups excluding carboxylic acids is 1. The second-order valence-corrected chi connectivity index (χ2v) is 3.91. The van der Waals surface area contributed by atoms with Gasteiger partial charge in [0, 0.05) is 6.54 Å².